The monoisotopic (exact) mass is 302 g/mol. The standard InChI is InChI=1S/C13H7ClN4O3/c14-9-4-3-7(6-10(9)18(20)21)11-12-8(2-1-5-15-12)13(19)17-16-11/h1-6,15H. The molecule has 0 fully saturated rings. The van der Waals surface area contributed by atoms with Crippen LogP contribution in [0.15, 0.2) is 41.3 Å². The van der Waals surface area contributed by atoms with E-state index in [4.69, 9.17) is 11.6 Å². The third-order valence-electron chi connectivity index (χ3n) is 2.98. The highest BCUT2D eigenvalue weighted by molar-refractivity contribution is 6.32. The fourth-order valence-electron chi connectivity index (χ4n) is 2.01. The van der Waals surface area contributed by atoms with Crippen molar-refractivity contribution in [3.63, 3.8) is 0 Å². The SMILES string of the molecule is O=c1nnc(-c2ccc(Cl)c([N+](=O)[O-])c2)c2[nH]cccc1-2. The number of pyridine rings is 1. The Labute approximate surface area is 122 Å². The van der Waals surface area contributed by atoms with Gasteiger partial charge < -0.3 is 4.98 Å². The highest BCUT2D eigenvalue weighted by Crippen LogP contribution is 2.32. The number of rotatable bonds is 2. The summed E-state index contributed by atoms with van der Waals surface area (Å²) in [5, 5.41) is 18.4. The molecule has 0 saturated heterocycles. The lowest BCUT2D eigenvalue weighted by Crippen LogP contribution is -2.14. The minimum Gasteiger partial charge on any atom is -0.359 e. The molecule has 0 radical (unpaired) electrons. The first-order valence-corrected chi connectivity index (χ1v) is 6.24. The van der Waals surface area contributed by atoms with Gasteiger partial charge in [0.2, 0.25) is 0 Å². The molecule has 21 heavy (non-hydrogen) atoms. The average molecular weight is 303 g/mol. The highest BCUT2D eigenvalue weighted by atomic mass is 35.5. The molecule has 2 heterocycles. The third-order valence-corrected chi connectivity index (χ3v) is 3.30. The fourth-order valence-corrected chi connectivity index (χ4v) is 2.20. The summed E-state index contributed by atoms with van der Waals surface area (Å²) in [4.78, 5) is 25.0. The van der Waals surface area contributed by atoms with Gasteiger partial charge in [0.1, 0.15) is 10.7 Å². The maximum Gasteiger partial charge on any atom is 0.297 e. The van der Waals surface area contributed by atoms with Gasteiger partial charge in [-0.15, -0.1) is 10.2 Å². The van der Waals surface area contributed by atoms with Crippen LogP contribution in [0, 0.1) is 10.1 Å². The molecule has 0 aliphatic carbocycles. The second-order valence-corrected chi connectivity index (χ2v) is 4.64. The lowest BCUT2D eigenvalue weighted by Gasteiger charge is -2.08. The molecule has 3 rings (SSSR count). The van der Waals surface area contributed by atoms with Gasteiger partial charge in [0.25, 0.3) is 11.2 Å². The smallest absolute Gasteiger partial charge is 0.297 e. The highest BCUT2D eigenvalue weighted by Gasteiger charge is 2.19. The van der Waals surface area contributed by atoms with Gasteiger partial charge in [-0.3, -0.25) is 14.9 Å². The van der Waals surface area contributed by atoms with Crippen LogP contribution in [-0.4, -0.2) is 20.1 Å². The van der Waals surface area contributed by atoms with Crippen molar-refractivity contribution in [3.8, 4) is 22.5 Å². The van der Waals surface area contributed by atoms with Gasteiger partial charge in [-0.05, 0) is 18.2 Å². The number of hydrogen-bond acceptors (Lipinski definition) is 5. The molecule has 8 heteroatoms. The summed E-state index contributed by atoms with van der Waals surface area (Å²) in [6.45, 7) is 0. The summed E-state index contributed by atoms with van der Waals surface area (Å²) in [6, 6.07) is 7.58. The Balaban J connectivity index is 2.27. The Morgan fingerprint density at radius 1 is 1.24 bits per heavy atom. The van der Waals surface area contributed by atoms with E-state index >= 15 is 0 Å². The van der Waals surface area contributed by atoms with Gasteiger partial charge in [-0.25, -0.2) is 0 Å². The maximum atomic E-state index is 11.7. The predicted octanol–water partition coefficient (Wildman–Crippen LogP) is 2.50. The minimum absolute atomic E-state index is 0.0328. The maximum absolute atomic E-state index is 11.7. The second-order valence-electron chi connectivity index (χ2n) is 4.24. The Bertz CT molecular complexity index is 877. The van der Waals surface area contributed by atoms with Crippen LogP contribution >= 0.6 is 11.6 Å². The number of aromatic nitrogens is 3. The van der Waals surface area contributed by atoms with Crippen LogP contribution < -0.4 is 5.56 Å². The Kier molecular flexibility index (Phi) is 3.11. The fraction of sp³-hybridized carbons (Fsp3) is 0. The van der Waals surface area contributed by atoms with Crippen molar-refractivity contribution in [2.45, 2.75) is 0 Å². The molecule has 104 valence electrons. The zero-order valence-corrected chi connectivity index (χ0v) is 11.2. The molecule has 7 nitrogen and oxygen atoms in total. The molecule has 1 aromatic carbocycles. The zero-order valence-electron chi connectivity index (χ0n) is 10.4. The van der Waals surface area contributed by atoms with Gasteiger partial charge in [-0.1, -0.05) is 17.7 Å². The van der Waals surface area contributed by atoms with Crippen molar-refractivity contribution >= 4 is 17.3 Å². The first-order valence-electron chi connectivity index (χ1n) is 5.86. The number of hydrogen-bond donors (Lipinski definition) is 1. The van der Waals surface area contributed by atoms with E-state index in [2.05, 4.69) is 15.2 Å². The number of nitro benzene ring substituents is 1. The lowest BCUT2D eigenvalue weighted by molar-refractivity contribution is -0.384. The summed E-state index contributed by atoms with van der Waals surface area (Å²) in [5.74, 6) is 0. The number of nitro groups is 1. The van der Waals surface area contributed by atoms with Crippen molar-refractivity contribution in [2.24, 2.45) is 0 Å². The molecule has 1 aromatic rings. The number of halogens is 1. The van der Waals surface area contributed by atoms with Gasteiger partial charge in [-0.2, -0.15) is 0 Å². The topological polar surface area (TPSA) is 102 Å². The summed E-state index contributed by atoms with van der Waals surface area (Å²) in [7, 11) is 0. The molecule has 0 bridgehead atoms. The largest absolute Gasteiger partial charge is 0.359 e. The number of fused-ring (bicyclic) bond motifs is 1. The predicted molar refractivity (Wildman–Crippen MR) is 76.4 cm³/mol. The van der Waals surface area contributed by atoms with Gasteiger partial charge >= 0.3 is 0 Å². The third kappa shape index (κ3) is 2.23. The zero-order chi connectivity index (χ0) is 15.0. The van der Waals surface area contributed by atoms with Crippen molar-refractivity contribution in [1.29, 1.82) is 0 Å². The summed E-state index contributed by atoms with van der Waals surface area (Å²) < 4.78 is 0. The minimum atomic E-state index is -0.576. The molecule has 0 atom stereocenters. The molecule has 0 saturated carbocycles. The van der Waals surface area contributed by atoms with E-state index in [1.807, 2.05) is 0 Å². The van der Waals surface area contributed by atoms with E-state index in [0.717, 1.165) is 0 Å². The summed E-state index contributed by atoms with van der Waals surface area (Å²) in [5.41, 5.74) is 0.936. The Hall–Kier alpha value is -2.80. The molecular formula is C13H7ClN4O3. The Morgan fingerprint density at radius 3 is 2.81 bits per heavy atom. The van der Waals surface area contributed by atoms with Gasteiger partial charge in [0.05, 0.1) is 16.2 Å². The van der Waals surface area contributed by atoms with Crippen LogP contribution in [0.25, 0.3) is 22.5 Å². The van der Waals surface area contributed by atoms with Gasteiger partial charge in [0, 0.05) is 17.8 Å². The molecule has 0 aromatic heterocycles. The van der Waals surface area contributed by atoms with Crippen LogP contribution in [0.4, 0.5) is 5.69 Å². The second kappa shape index (κ2) is 4.95. The molecule has 2 aliphatic heterocycles. The Morgan fingerprint density at radius 2 is 2.05 bits per heavy atom. The van der Waals surface area contributed by atoms with Crippen LogP contribution in [0.5, 0.6) is 0 Å². The quantitative estimate of drug-likeness (QED) is 0.579. The molecule has 2 aliphatic rings. The molecular weight excluding hydrogens is 296 g/mol. The number of aromatic amines is 1. The number of nitrogens with zero attached hydrogens (tertiary/aromatic N) is 3. The van der Waals surface area contributed by atoms with Crippen molar-refractivity contribution in [3.05, 3.63) is 62.0 Å². The van der Waals surface area contributed by atoms with Gasteiger partial charge in [0.15, 0.2) is 0 Å². The molecule has 0 spiro atoms. The van der Waals surface area contributed by atoms with Crippen LogP contribution in [-0.2, 0) is 0 Å². The first-order chi connectivity index (χ1) is 10.1. The van der Waals surface area contributed by atoms with E-state index in [1.54, 1.807) is 24.4 Å². The molecule has 1 N–H and O–H groups in total. The van der Waals surface area contributed by atoms with E-state index in [0.29, 0.717) is 22.5 Å². The van der Waals surface area contributed by atoms with E-state index in [-0.39, 0.29) is 10.7 Å². The number of H-pyrrole nitrogens is 1. The lowest BCUT2D eigenvalue weighted by atomic mass is 10.0. The number of nitrogens with one attached hydrogen (secondary N) is 1. The van der Waals surface area contributed by atoms with Crippen molar-refractivity contribution in [2.75, 3.05) is 0 Å². The van der Waals surface area contributed by atoms with Crippen molar-refractivity contribution in [1.82, 2.24) is 15.2 Å². The molecule has 0 unspecified atom stereocenters. The average Bonchev–Trinajstić information content (AvgIpc) is 2.48. The van der Waals surface area contributed by atoms with Crippen LogP contribution in [0.3, 0.4) is 0 Å². The first kappa shape index (κ1) is 13.2. The molecule has 0 amide bonds. The summed E-state index contributed by atoms with van der Waals surface area (Å²) in [6.07, 6.45) is 1.64. The van der Waals surface area contributed by atoms with Crippen LogP contribution in [0.1, 0.15) is 0 Å². The van der Waals surface area contributed by atoms with Crippen molar-refractivity contribution < 1.29 is 4.92 Å². The normalized spacial score (nSPS) is 10.7. The van der Waals surface area contributed by atoms with E-state index in [9.17, 15) is 14.9 Å². The van der Waals surface area contributed by atoms with Crippen LogP contribution in [0.2, 0.25) is 5.02 Å². The summed E-state index contributed by atoms with van der Waals surface area (Å²) >= 11 is 5.79. The van der Waals surface area contributed by atoms with E-state index in [1.165, 1.54) is 12.1 Å². The van der Waals surface area contributed by atoms with E-state index < -0.39 is 10.5 Å². The number of benzene rings is 1.